The average molecular weight is 155 g/mol. The van der Waals surface area contributed by atoms with Crippen LogP contribution in [-0.2, 0) is 0 Å². The molecule has 0 aliphatic carbocycles. The van der Waals surface area contributed by atoms with Crippen molar-refractivity contribution in [3.8, 4) is 0 Å². The fraction of sp³-hybridized carbons (Fsp3) is 0.429. The monoisotopic (exact) mass is 155 g/mol. The van der Waals surface area contributed by atoms with Gasteiger partial charge in [-0.1, -0.05) is 13.5 Å². The van der Waals surface area contributed by atoms with Gasteiger partial charge in [-0.05, 0) is 18.9 Å². The first kappa shape index (κ1) is 9.68. The molecule has 0 heterocycles. The number of nitrogens with one attached hydrogen (secondary N) is 1. The van der Waals surface area contributed by atoms with Crippen LogP contribution in [0.4, 0.5) is 4.79 Å². The number of hydrazone groups is 1. The largest absolute Gasteiger partial charge is 0.350 e. The minimum atomic E-state index is -0.655. The van der Waals surface area contributed by atoms with Crippen LogP contribution in [0.1, 0.15) is 20.3 Å². The molecule has 62 valence electrons. The predicted molar refractivity (Wildman–Crippen MR) is 45.3 cm³/mol. The van der Waals surface area contributed by atoms with Gasteiger partial charge in [0.25, 0.3) is 0 Å². The summed E-state index contributed by atoms with van der Waals surface area (Å²) in [6.07, 6.45) is 0.732. The second-order valence-corrected chi connectivity index (χ2v) is 2.17. The summed E-state index contributed by atoms with van der Waals surface area (Å²) in [5, 5.41) is 3.73. The zero-order valence-corrected chi connectivity index (χ0v) is 6.85. The van der Waals surface area contributed by atoms with Crippen molar-refractivity contribution < 1.29 is 4.79 Å². The standard InChI is InChI=1S/C7H13N3O/c1-4-6(5(2)3)9-10-7(8)11/h2,4H2,1,3H3,(H3,8,10,11). The first-order valence-corrected chi connectivity index (χ1v) is 3.35. The number of amides is 2. The fourth-order valence-corrected chi connectivity index (χ4v) is 0.599. The lowest BCUT2D eigenvalue weighted by Gasteiger charge is -2.00. The zero-order valence-electron chi connectivity index (χ0n) is 6.85. The van der Waals surface area contributed by atoms with Crippen molar-refractivity contribution in [3.63, 3.8) is 0 Å². The SMILES string of the molecule is C=C(C)C(CC)=NNC(N)=O. The molecule has 4 heteroatoms. The van der Waals surface area contributed by atoms with Gasteiger partial charge in [-0.3, -0.25) is 0 Å². The van der Waals surface area contributed by atoms with Crippen molar-refractivity contribution in [1.82, 2.24) is 5.43 Å². The summed E-state index contributed by atoms with van der Waals surface area (Å²) >= 11 is 0. The summed E-state index contributed by atoms with van der Waals surface area (Å²) in [5.41, 5.74) is 8.54. The van der Waals surface area contributed by atoms with E-state index < -0.39 is 6.03 Å². The lowest BCUT2D eigenvalue weighted by Crippen LogP contribution is -2.25. The molecule has 0 fully saturated rings. The summed E-state index contributed by atoms with van der Waals surface area (Å²) < 4.78 is 0. The van der Waals surface area contributed by atoms with E-state index in [-0.39, 0.29) is 0 Å². The molecule has 0 saturated heterocycles. The van der Waals surface area contributed by atoms with Crippen LogP contribution in [0.3, 0.4) is 0 Å². The molecule has 0 spiro atoms. The Balaban J connectivity index is 4.13. The lowest BCUT2D eigenvalue weighted by molar-refractivity contribution is 0.249. The van der Waals surface area contributed by atoms with Gasteiger partial charge < -0.3 is 5.73 Å². The second kappa shape index (κ2) is 4.49. The molecule has 0 aromatic heterocycles. The van der Waals surface area contributed by atoms with E-state index in [0.29, 0.717) is 0 Å². The summed E-state index contributed by atoms with van der Waals surface area (Å²) in [6, 6.07) is -0.655. The van der Waals surface area contributed by atoms with Gasteiger partial charge >= 0.3 is 6.03 Å². The van der Waals surface area contributed by atoms with Crippen LogP contribution in [0.15, 0.2) is 17.3 Å². The predicted octanol–water partition coefficient (Wildman–Crippen LogP) is 0.997. The van der Waals surface area contributed by atoms with E-state index in [1.807, 2.05) is 13.8 Å². The van der Waals surface area contributed by atoms with Gasteiger partial charge in [0.1, 0.15) is 0 Å². The number of carbonyl (C=O) groups is 1. The highest BCUT2D eigenvalue weighted by Gasteiger charge is 1.96. The quantitative estimate of drug-likeness (QED) is 0.463. The number of hydrogen-bond acceptors (Lipinski definition) is 2. The maximum atomic E-state index is 10.2. The Morgan fingerprint density at radius 2 is 2.27 bits per heavy atom. The van der Waals surface area contributed by atoms with Crippen molar-refractivity contribution in [3.05, 3.63) is 12.2 Å². The van der Waals surface area contributed by atoms with Crippen molar-refractivity contribution in [2.24, 2.45) is 10.8 Å². The number of nitrogens with zero attached hydrogens (tertiary/aromatic N) is 1. The third-order valence-corrected chi connectivity index (χ3v) is 1.13. The van der Waals surface area contributed by atoms with Gasteiger partial charge in [-0.15, -0.1) is 0 Å². The van der Waals surface area contributed by atoms with Gasteiger partial charge in [0, 0.05) is 0 Å². The van der Waals surface area contributed by atoms with Gasteiger partial charge in [-0.2, -0.15) is 5.10 Å². The van der Waals surface area contributed by atoms with Gasteiger partial charge in [0.05, 0.1) is 5.71 Å². The minimum Gasteiger partial charge on any atom is -0.350 e. The smallest absolute Gasteiger partial charge is 0.332 e. The number of primary amides is 1. The molecule has 4 nitrogen and oxygen atoms in total. The highest BCUT2D eigenvalue weighted by atomic mass is 16.2. The third kappa shape index (κ3) is 4.13. The van der Waals surface area contributed by atoms with Gasteiger partial charge in [0.2, 0.25) is 0 Å². The van der Waals surface area contributed by atoms with Crippen molar-refractivity contribution >= 4 is 11.7 Å². The fourth-order valence-electron chi connectivity index (χ4n) is 0.599. The molecule has 0 aromatic carbocycles. The van der Waals surface area contributed by atoms with E-state index in [2.05, 4.69) is 17.1 Å². The number of hydrogen-bond donors (Lipinski definition) is 2. The van der Waals surface area contributed by atoms with Crippen LogP contribution < -0.4 is 11.2 Å². The lowest BCUT2D eigenvalue weighted by atomic mass is 10.2. The van der Waals surface area contributed by atoms with Crippen LogP contribution in [0.2, 0.25) is 0 Å². The zero-order chi connectivity index (χ0) is 8.85. The first-order valence-electron chi connectivity index (χ1n) is 3.35. The molecule has 0 aliphatic heterocycles. The Kier molecular flexibility index (Phi) is 3.95. The van der Waals surface area contributed by atoms with E-state index in [1.54, 1.807) is 0 Å². The van der Waals surface area contributed by atoms with E-state index in [0.717, 1.165) is 17.7 Å². The highest BCUT2D eigenvalue weighted by Crippen LogP contribution is 1.96. The molecule has 0 aliphatic rings. The van der Waals surface area contributed by atoms with Crippen molar-refractivity contribution in [2.75, 3.05) is 0 Å². The maximum absolute atomic E-state index is 10.2. The summed E-state index contributed by atoms with van der Waals surface area (Å²) in [5.74, 6) is 0. The molecule has 0 saturated carbocycles. The molecule has 11 heavy (non-hydrogen) atoms. The number of allylic oxidation sites excluding steroid dienone is 1. The Labute approximate surface area is 66.2 Å². The van der Waals surface area contributed by atoms with Crippen LogP contribution >= 0.6 is 0 Å². The molecular formula is C7H13N3O. The maximum Gasteiger partial charge on any atom is 0.332 e. The molecule has 3 N–H and O–H groups in total. The number of urea groups is 1. The Morgan fingerprint density at radius 1 is 1.73 bits per heavy atom. The molecule has 0 unspecified atom stereocenters. The Morgan fingerprint density at radius 3 is 2.55 bits per heavy atom. The second-order valence-electron chi connectivity index (χ2n) is 2.17. The van der Waals surface area contributed by atoms with Crippen LogP contribution in [-0.4, -0.2) is 11.7 Å². The molecule has 0 bridgehead atoms. The first-order chi connectivity index (χ1) is 5.07. The van der Waals surface area contributed by atoms with Gasteiger partial charge in [-0.25, -0.2) is 10.2 Å². The van der Waals surface area contributed by atoms with E-state index in [4.69, 9.17) is 5.73 Å². The Bertz CT molecular complexity index is 196. The number of carbonyl (C=O) groups excluding carboxylic acids is 1. The highest BCUT2D eigenvalue weighted by molar-refractivity contribution is 5.99. The minimum absolute atomic E-state index is 0.655. The van der Waals surface area contributed by atoms with Crippen molar-refractivity contribution in [1.29, 1.82) is 0 Å². The molecule has 2 amide bonds. The van der Waals surface area contributed by atoms with Crippen LogP contribution in [0.25, 0.3) is 0 Å². The molecule has 0 rings (SSSR count). The van der Waals surface area contributed by atoms with E-state index in [9.17, 15) is 4.79 Å². The van der Waals surface area contributed by atoms with Crippen LogP contribution in [0.5, 0.6) is 0 Å². The topological polar surface area (TPSA) is 67.5 Å². The molecule has 0 atom stereocenters. The number of nitrogens with two attached hydrogens (primary N) is 1. The van der Waals surface area contributed by atoms with Crippen molar-refractivity contribution in [2.45, 2.75) is 20.3 Å². The Hall–Kier alpha value is -1.32. The normalized spacial score (nSPS) is 10.9. The molecular weight excluding hydrogens is 142 g/mol. The summed E-state index contributed by atoms with van der Waals surface area (Å²) in [7, 11) is 0. The summed E-state index contributed by atoms with van der Waals surface area (Å²) in [6.45, 7) is 7.43. The van der Waals surface area contributed by atoms with E-state index >= 15 is 0 Å². The van der Waals surface area contributed by atoms with Crippen LogP contribution in [0, 0.1) is 0 Å². The average Bonchev–Trinajstić information content (AvgIpc) is 1.87. The number of rotatable bonds is 3. The summed E-state index contributed by atoms with van der Waals surface area (Å²) in [4.78, 5) is 10.2. The van der Waals surface area contributed by atoms with Gasteiger partial charge in [0.15, 0.2) is 0 Å². The molecule has 0 radical (unpaired) electrons. The third-order valence-electron chi connectivity index (χ3n) is 1.13. The molecule has 0 aromatic rings. The van der Waals surface area contributed by atoms with E-state index in [1.165, 1.54) is 0 Å².